The number of halogens is 3. The van der Waals surface area contributed by atoms with E-state index in [9.17, 15) is 18.0 Å². The topological polar surface area (TPSA) is 72.7 Å². The minimum absolute atomic E-state index is 0.0387. The number of alkyl halides is 3. The molecule has 1 fully saturated rings. The lowest BCUT2D eigenvalue weighted by Crippen LogP contribution is -2.48. The Bertz CT molecular complexity index is 700. The van der Waals surface area contributed by atoms with Crippen LogP contribution in [0.5, 0.6) is 0 Å². The normalized spacial score (nSPS) is 21.1. The zero-order valence-corrected chi connectivity index (χ0v) is 13.4. The van der Waals surface area contributed by atoms with E-state index in [1.165, 1.54) is 11.0 Å². The summed E-state index contributed by atoms with van der Waals surface area (Å²) in [6.07, 6.45) is -1.08. The Kier molecular flexibility index (Phi) is 5.00. The van der Waals surface area contributed by atoms with Crippen LogP contribution < -0.4 is 5.32 Å². The first-order valence-electron chi connectivity index (χ1n) is 8.12. The van der Waals surface area contributed by atoms with Gasteiger partial charge in [0.05, 0.1) is 18.0 Å². The van der Waals surface area contributed by atoms with Crippen molar-refractivity contribution in [3.63, 3.8) is 0 Å². The molecule has 2 atom stereocenters. The maximum Gasteiger partial charge on any atom is 0.393 e. The Morgan fingerprint density at radius 3 is 2.56 bits per heavy atom. The molecule has 1 aromatic carbocycles. The Balaban J connectivity index is 1.60. The molecule has 1 aromatic heterocycles. The average molecular weight is 353 g/mol. The third-order valence-corrected chi connectivity index (χ3v) is 4.45. The SMILES string of the molecule is O=C(Cc1ccc(-n2cnnn2)cc1)N[C@H]1CCCC[C@H]1C(F)(F)F. The number of nitrogens with zero attached hydrogens (tertiary/aromatic N) is 4. The van der Waals surface area contributed by atoms with Gasteiger partial charge in [-0.15, -0.1) is 5.10 Å². The van der Waals surface area contributed by atoms with Gasteiger partial charge in [0.15, 0.2) is 0 Å². The Hall–Kier alpha value is -2.45. The molecule has 2 aromatic rings. The molecule has 3 rings (SSSR count). The Morgan fingerprint density at radius 2 is 1.92 bits per heavy atom. The van der Waals surface area contributed by atoms with Gasteiger partial charge in [-0.1, -0.05) is 25.0 Å². The molecule has 1 aliphatic rings. The molecule has 1 amide bonds. The smallest absolute Gasteiger partial charge is 0.352 e. The highest BCUT2D eigenvalue weighted by atomic mass is 19.4. The monoisotopic (exact) mass is 353 g/mol. The molecule has 6 nitrogen and oxygen atoms in total. The van der Waals surface area contributed by atoms with E-state index in [0.29, 0.717) is 24.8 Å². The van der Waals surface area contributed by atoms with Crippen molar-refractivity contribution in [2.45, 2.75) is 44.3 Å². The van der Waals surface area contributed by atoms with Crippen LogP contribution in [0.1, 0.15) is 31.2 Å². The number of hydrogen-bond acceptors (Lipinski definition) is 4. The van der Waals surface area contributed by atoms with E-state index in [2.05, 4.69) is 20.8 Å². The Labute approximate surface area is 142 Å². The number of carbonyl (C=O) groups excluding carboxylic acids is 1. The van der Waals surface area contributed by atoms with Crippen LogP contribution in [0, 0.1) is 5.92 Å². The first kappa shape index (κ1) is 17.4. The molecule has 0 unspecified atom stereocenters. The highest BCUT2D eigenvalue weighted by Crippen LogP contribution is 2.37. The van der Waals surface area contributed by atoms with Crippen LogP contribution in [0.25, 0.3) is 5.69 Å². The number of rotatable bonds is 4. The summed E-state index contributed by atoms with van der Waals surface area (Å²) >= 11 is 0. The highest BCUT2D eigenvalue weighted by Gasteiger charge is 2.45. The van der Waals surface area contributed by atoms with E-state index < -0.39 is 24.0 Å². The van der Waals surface area contributed by atoms with Crippen molar-refractivity contribution >= 4 is 5.91 Å². The third-order valence-electron chi connectivity index (χ3n) is 4.45. The largest absolute Gasteiger partial charge is 0.393 e. The predicted molar refractivity (Wildman–Crippen MR) is 82.8 cm³/mol. The van der Waals surface area contributed by atoms with Crippen molar-refractivity contribution in [3.8, 4) is 5.69 Å². The van der Waals surface area contributed by atoms with Gasteiger partial charge in [-0.3, -0.25) is 4.79 Å². The number of hydrogen-bond donors (Lipinski definition) is 1. The zero-order chi connectivity index (χ0) is 17.9. The van der Waals surface area contributed by atoms with Crippen molar-refractivity contribution in [1.29, 1.82) is 0 Å². The standard InChI is InChI=1S/C16H18F3N5O/c17-16(18,19)13-3-1-2-4-14(13)21-15(25)9-11-5-7-12(8-6-11)24-10-20-22-23-24/h5-8,10,13-14H,1-4,9H2,(H,21,25)/t13-,14+/m1/s1. The molecule has 25 heavy (non-hydrogen) atoms. The molecular weight excluding hydrogens is 335 g/mol. The van der Waals surface area contributed by atoms with Gasteiger partial charge in [0, 0.05) is 6.04 Å². The molecule has 0 aliphatic heterocycles. The summed E-state index contributed by atoms with van der Waals surface area (Å²) < 4.78 is 40.7. The fraction of sp³-hybridized carbons (Fsp3) is 0.500. The van der Waals surface area contributed by atoms with E-state index in [-0.39, 0.29) is 12.8 Å². The van der Waals surface area contributed by atoms with Gasteiger partial charge >= 0.3 is 6.18 Å². The molecule has 0 spiro atoms. The van der Waals surface area contributed by atoms with Crippen LogP contribution in [0.2, 0.25) is 0 Å². The van der Waals surface area contributed by atoms with Gasteiger partial charge in [-0.25, -0.2) is 4.68 Å². The van der Waals surface area contributed by atoms with Crippen molar-refractivity contribution in [2.24, 2.45) is 5.92 Å². The Morgan fingerprint density at radius 1 is 1.20 bits per heavy atom. The van der Waals surface area contributed by atoms with Crippen LogP contribution in [0.3, 0.4) is 0 Å². The summed E-state index contributed by atoms with van der Waals surface area (Å²) in [6.45, 7) is 0. The molecule has 9 heteroatoms. The lowest BCUT2D eigenvalue weighted by Gasteiger charge is -2.33. The fourth-order valence-electron chi connectivity index (χ4n) is 3.18. The highest BCUT2D eigenvalue weighted by molar-refractivity contribution is 5.79. The van der Waals surface area contributed by atoms with Crippen molar-refractivity contribution in [1.82, 2.24) is 25.5 Å². The number of benzene rings is 1. The summed E-state index contributed by atoms with van der Waals surface area (Å²) in [5.74, 6) is -1.84. The van der Waals surface area contributed by atoms with Gasteiger partial charge in [0.2, 0.25) is 5.91 Å². The number of nitrogens with one attached hydrogen (secondary N) is 1. The first-order valence-corrected chi connectivity index (χ1v) is 8.12. The van der Waals surface area contributed by atoms with Crippen LogP contribution in [-0.2, 0) is 11.2 Å². The van der Waals surface area contributed by atoms with Crippen molar-refractivity contribution in [3.05, 3.63) is 36.2 Å². The van der Waals surface area contributed by atoms with Gasteiger partial charge in [0.25, 0.3) is 0 Å². The molecule has 1 saturated carbocycles. The average Bonchev–Trinajstić information content (AvgIpc) is 3.09. The molecule has 0 radical (unpaired) electrons. The van der Waals surface area contributed by atoms with E-state index >= 15 is 0 Å². The second-order valence-corrected chi connectivity index (χ2v) is 6.20. The summed E-state index contributed by atoms with van der Waals surface area (Å²) in [7, 11) is 0. The molecule has 134 valence electrons. The van der Waals surface area contributed by atoms with Crippen LogP contribution in [0.4, 0.5) is 13.2 Å². The summed E-state index contributed by atoms with van der Waals surface area (Å²) in [5.41, 5.74) is 1.45. The predicted octanol–water partition coefficient (Wildman–Crippen LogP) is 2.44. The molecule has 0 saturated heterocycles. The number of amides is 1. The van der Waals surface area contributed by atoms with Gasteiger partial charge in [-0.2, -0.15) is 13.2 Å². The maximum absolute atomic E-state index is 13.1. The van der Waals surface area contributed by atoms with Gasteiger partial charge < -0.3 is 5.32 Å². The molecular formula is C16H18F3N5O. The van der Waals surface area contributed by atoms with E-state index in [4.69, 9.17) is 0 Å². The fourth-order valence-corrected chi connectivity index (χ4v) is 3.18. The molecule has 0 bridgehead atoms. The summed E-state index contributed by atoms with van der Waals surface area (Å²) in [4.78, 5) is 12.2. The number of carbonyl (C=O) groups is 1. The summed E-state index contributed by atoms with van der Waals surface area (Å²) in [5, 5.41) is 13.4. The second kappa shape index (κ2) is 7.20. The van der Waals surface area contributed by atoms with E-state index in [1.807, 2.05) is 0 Å². The van der Waals surface area contributed by atoms with E-state index in [1.54, 1.807) is 24.3 Å². The lowest BCUT2D eigenvalue weighted by molar-refractivity contribution is -0.189. The van der Waals surface area contributed by atoms with Crippen LogP contribution >= 0.6 is 0 Å². The molecule has 1 aliphatic carbocycles. The summed E-state index contributed by atoms with van der Waals surface area (Å²) in [6, 6.07) is 6.13. The quantitative estimate of drug-likeness (QED) is 0.916. The van der Waals surface area contributed by atoms with Gasteiger partial charge in [0.1, 0.15) is 6.33 Å². The number of aromatic nitrogens is 4. The van der Waals surface area contributed by atoms with Crippen molar-refractivity contribution in [2.75, 3.05) is 0 Å². The minimum atomic E-state index is -4.27. The maximum atomic E-state index is 13.1. The first-order chi connectivity index (χ1) is 11.9. The minimum Gasteiger partial charge on any atom is -0.352 e. The molecule has 1 heterocycles. The van der Waals surface area contributed by atoms with Crippen LogP contribution in [-0.4, -0.2) is 38.3 Å². The van der Waals surface area contributed by atoms with Gasteiger partial charge in [-0.05, 0) is 41.0 Å². The van der Waals surface area contributed by atoms with E-state index in [0.717, 1.165) is 5.69 Å². The number of tetrazole rings is 1. The second-order valence-electron chi connectivity index (χ2n) is 6.20. The van der Waals surface area contributed by atoms with Crippen molar-refractivity contribution < 1.29 is 18.0 Å². The zero-order valence-electron chi connectivity index (χ0n) is 13.4. The van der Waals surface area contributed by atoms with Crippen LogP contribution in [0.15, 0.2) is 30.6 Å². The third kappa shape index (κ3) is 4.34. The lowest BCUT2D eigenvalue weighted by atomic mass is 9.84. The molecule has 1 N–H and O–H groups in total.